The van der Waals surface area contributed by atoms with Crippen LogP contribution in [0.1, 0.15) is 16.1 Å². The fourth-order valence-electron chi connectivity index (χ4n) is 1.67. The predicted octanol–water partition coefficient (Wildman–Crippen LogP) is 1.10. The predicted molar refractivity (Wildman–Crippen MR) is 74.3 cm³/mol. The molecule has 0 spiro atoms. The number of benzene rings is 1. The molecular weight excluding hydrogens is 297 g/mol. The first kappa shape index (κ1) is 15.2. The van der Waals surface area contributed by atoms with Crippen molar-refractivity contribution in [2.24, 2.45) is 7.05 Å². The van der Waals surface area contributed by atoms with Gasteiger partial charge in [-0.15, -0.1) is 4.83 Å². The first-order valence-corrected chi connectivity index (χ1v) is 7.49. The molecule has 0 saturated carbocycles. The van der Waals surface area contributed by atoms with E-state index in [0.29, 0.717) is 5.56 Å². The lowest BCUT2D eigenvalue weighted by atomic mass is 10.2. The molecule has 1 aromatic heterocycles. The number of hydrazine groups is 1. The Morgan fingerprint density at radius 3 is 2.57 bits per heavy atom. The van der Waals surface area contributed by atoms with E-state index in [0.717, 1.165) is 6.07 Å². The molecule has 8 heteroatoms. The Morgan fingerprint density at radius 1 is 1.29 bits per heavy atom. The van der Waals surface area contributed by atoms with Gasteiger partial charge in [0.15, 0.2) is 0 Å². The second kappa shape index (κ2) is 5.66. The minimum atomic E-state index is -4.03. The lowest BCUT2D eigenvalue weighted by Gasteiger charge is -2.09. The van der Waals surface area contributed by atoms with Crippen LogP contribution in [0, 0.1) is 12.7 Å². The number of sulfonamides is 1. The molecule has 0 fully saturated rings. The second-order valence-corrected chi connectivity index (χ2v) is 6.16. The minimum Gasteiger partial charge on any atom is -0.347 e. The number of nitrogens with zero attached hydrogens (tertiary/aromatic N) is 1. The number of amides is 1. The summed E-state index contributed by atoms with van der Waals surface area (Å²) in [4.78, 5) is 13.5. The molecule has 1 aromatic carbocycles. The summed E-state index contributed by atoms with van der Waals surface area (Å²) in [6.45, 7) is 1.52. The molecule has 0 aliphatic heterocycles. The topological polar surface area (TPSA) is 80.2 Å². The second-order valence-electron chi connectivity index (χ2n) is 4.47. The summed E-state index contributed by atoms with van der Waals surface area (Å²) in [6.07, 6.45) is 1.65. The number of halogens is 1. The fourth-order valence-corrected chi connectivity index (χ4v) is 2.52. The largest absolute Gasteiger partial charge is 0.347 e. The van der Waals surface area contributed by atoms with Gasteiger partial charge in [-0.2, -0.15) is 0 Å². The minimum absolute atomic E-state index is 0.266. The van der Waals surface area contributed by atoms with E-state index < -0.39 is 21.7 Å². The molecule has 0 aliphatic carbocycles. The molecule has 1 heterocycles. The zero-order valence-electron chi connectivity index (χ0n) is 11.4. The van der Waals surface area contributed by atoms with Crippen molar-refractivity contribution in [1.29, 1.82) is 0 Å². The van der Waals surface area contributed by atoms with Gasteiger partial charge in [-0.05, 0) is 36.8 Å². The van der Waals surface area contributed by atoms with Crippen LogP contribution < -0.4 is 10.3 Å². The van der Waals surface area contributed by atoms with E-state index in [9.17, 15) is 17.6 Å². The summed E-state index contributed by atoms with van der Waals surface area (Å²) in [5.74, 6) is -1.25. The number of rotatable bonds is 4. The van der Waals surface area contributed by atoms with Crippen molar-refractivity contribution in [1.82, 2.24) is 14.8 Å². The Hall–Kier alpha value is -2.19. The smallest absolute Gasteiger partial charge is 0.282 e. The standard InChI is InChI=1S/C13H14FN3O3S/c1-9-5-6-10(8-11(9)14)21(19,20)16-15-13(18)12-4-3-7-17(12)2/h3-8,16H,1-2H3,(H,15,18). The molecule has 112 valence electrons. The van der Waals surface area contributed by atoms with Gasteiger partial charge in [-0.3, -0.25) is 10.2 Å². The highest BCUT2D eigenvalue weighted by atomic mass is 32.2. The Bertz CT molecular complexity index is 784. The lowest BCUT2D eigenvalue weighted by molar-refractivity contribution is 0.0937. The summed E-state index contributed by atoms with van der Waals surface area (Å²) in [5, 5.41) is 0. The zero-order valence-corrected chi connectivity index (χ0v) is 12.2. The van der Waals surface area contributed by atoms with Gasteiger partial charge < -0.3 is 4.57 Å². The Kier molecular flexibility index (Phi) is 4.10. The Labute approximate surface area is 121 Å². The van der Waals surface area contributed by atoms with E-state index in [4.69, 9.17) is 0 Å². The van der Waals surface area contributed by atoms with E-state index in [2.05, 4.69) is 5.43 Å². The summed E-state index contributed by atoms with van der Waals surface area (Å²) >= 11 is 0. The molecule has 2 aromatic rings. The summed E-state index contributed by atoms with van der Waals surface area (Å²) in [5.41, 5.74) is 2.70. The van der Waals surface area contributed by atoms with Gasteiger partial charge in [-0.1, -0.05) is 6.07 Å². The highest BCUT2D eigenvalue weighted by Gasteiger charge is 2.17. The van der Waals surface area contributed by atoms with Crippen molar-refractivity contribution < 1.29 is 17.6 Å². The molecule has 0 aliphatic rings. The molecule has 2 N–H and O–H groups in total. The van der Waals surface area contributed by atoms with Gasteiger partial charge in [0.25, 0.3) is 15.9 Å². The molecule has 1 amide bonds. The molecule has 2 rings (SSSR count). The summed E-state index contributed by atoms with van der Waals surface area (Å²) < 4.78 is 38.8. The lowest BCUT2D eigenvalue weighted by Crippen LogP contribution is -2.42. The Balaban J connectivity index is 2.13. The van der Waals surface area contributed by atoms with Crippen LogP contribution in [0.25, 0.3) is 0 Å². The molecule has 6 nitrogen and oxygen atoms in total. The molecular formula is C13H14FN3O3S. The number of aromatic nitrogens is 1. The fraction of sp³-hybridized carbons (Fsp3) is 0.154. The van der Waals surface area contributed by atoms with Gasteiger partial charge in [0.05, 0.1) is 4.90 Å². The quantitative estimate of drug-likeness (QED) is 0.830. The van der Waals surface area contributed by atoms with Crippen LogP contribution in [0.15, 0.2) is 41.4 Å². The van der Waals surface area contributed by atoms with Crippen LogP contribution in [-0.2, 0) is 17.1 Å². The molecule has 0 radical (unpaired) electrons. The van der Waals surface area contributed by atoms with Gasteiger partial charge in [0.1, 0.15) is 11.5 Å². The van der Waals surface area contributed by atoms with Crippen molar-refractivity contribution in [3.63, 3.8) is 0 Å². The Morgan fingerprint density at radius 2 is 2.00 bits per heavy atom. The normalized spacial score (nSPS) is 11.4. The van der Waals surface area contributed by atoms with Crippen molar-refractivity contribution in [3.8, 4) is 0 Å². The van der Waals surface area contributed by atoms with Gasteiger partial charge in [-0.25, -0.2) is 12.8 Å². The molecule has 0 bridgehead atoms. The van der Waals surface area contributed by atoms with Crippen LogP contribution in [0.5, 0.6) is 0 Å². The number of carbonyl (C=O) groups is 1. The average molecular weight is 311 g/mol. The van der Waals surface area contributed by atoms with Crippen molar-refractivity contribution in [2.45, 2.75) is 11.8 Å². The molecule has 0 saturated heterocycles. The van der Waals surface area contributed by atoms with Crippen LogP contribution in [-0.4, -0.2) is 18.9 Å². The SMILES string of the molecule is Cc1ccc(S(=O)(=O)NNC(=O)c2cccn2C)cc1F. The monoisotopic (exact) mass is 311 g/mol. The van der Waals surface area contributed by atoms with Crippen molar-refractivity contribution in [3.05, 3.63) is 53.6 Å². The van der Waals surface area contributed by atoms with Crippen molar-refractivity contribution >= 4 is 15.9 Å². The highest BCUT2D eigenvalue weighted by molar-refractivity contribution is 7.89. The number of aryl methyl sites for hydroxylation is 2. The van der Waals surface area contributed by atoms with E-state index in [1.807, 2.05) is 4.83 Å². The van der Waals surface area contributed by atoms with Crippen LogP contribution in [0.2, 0.25) is 0 Å². The van der Waals surface area contributed by atoms with E-state index >= 15 is 0 Å². The third-order valence-corrected chi connectivity index (χ3v) is 4.17. The van der Waals surface area contributed by atoms with Gasteiger partial charge in [0, 0.05) is 13.2 Å². The van der Waals surface area contributed by atoms with Crippen LogP contribution in [0.4, 0.5) is 4.39 Å². The summed E-state index contributed by atoms with van der Waals surface area (Å²) in [7, 11) is -2.38. The molecule has 21 heavy (non-hydrogen) atoms. The van der Waals surface area contributed by atoms with Crippen molar-refractivity contribution in [2.75, 3.05) is 0 Å². The molecule has 0 atom stereocenters. The maximum absolute atomic E-state index is 13.4. The summed E-state index contributed by atoms with van der Waals surface area (Å²) in [6, 6.07) is 6.69. The van der Waals surface area contributed by atoms with Crippen LogP contribution in [0.3, 0.4) is 0 Å². The molecule has 0 unspecified atom stereocenters. The number of carbonyl (C=O) groups excluding carboxylic acids is 1. The third kappa shape index (κ3) is 3.29. The van der Waals surface area contributed by atoms with E-state index in [1.54, 1.807) is 19.3 Å². The highest BCUT2D eigenvalue weighted by Crippen LogP contribution is 2.13. The number of hydrogen-bond acceptors (Lipinski definition) is 3. The van der Waals surface area contributed by atoms with E-state index in [1.165, 1.54) is 29.7 Å². The first-order valence-electron chi connectivity index (χ1n) is 6.01. The van der Waals surface area contributed by atoms with Crippen LogP contribution >= 0.6 is 0 Å². The third-order valence-electron chi connectivity index (χ3n) is 2.93. The maximum Gasteiger partial charge on any atom is 0.282 e. The number of hydrogen-bond donors (Lipinski definition) is 2. The first-order chi connectivity index (χ1) is 9.81. The average Bonchev–Trinajstić information content (AvgIpc) is 2.85. The van der Waals surface area contributed by atoms with Gasteiger partial charge in [0.2, 0.25) is 0 Å². The number of nitrogens with one attached hydrogen (secondary N) is 2. The zero-order chi connectivity index (χ0) is 15.6. The van der Waals surface area contributed by atoms with E-state index in [-0.39, 0.29) is 10.6 Å². The van der Waals surface area contributed by atoms with Gasteiger partial charge >= 0.3 is 0 Å². The maximum atomic E-state index is 13.4.